The van der Waals surface area contributed by atoms with Crippen LogP contribution in [0.15, 0.2) is 48.8 Å². The zero-order valence-electron chi connectivity index (χ0n) is 12.7. The third-order valence-corrected chi connectivity index (χ3v) is 3.64. The van der Waals surface area contributed by atoms with Crippen LogP contribution in [0.3, 0.4) is 0 Å². The maximum atomic E-state index is 13.7. The predicted molar refractivity (Wildman–Crippen MR) is 88.0 cm³/mol. The third-order valence-electron chi connectivity index (χ3n) is 3.64. The highest BCUT2D eigenvalue weighted by atomic mass is 19.1. The van der Waals surface area contributed by atoms with Crippen LogP contribution in [0, 0.1) is 11.6 Å². The Morgan fingerprint density at radius 2 is 1.80 bits per heavy atom. The highest BCUT2D eigenvalue weighted by molar-refractivity contribution is 5.97. The lowest BCUT2D eigenvalue weighted by Gasteiger charge is -2.07. The van der Waals surface area contributed by atoms with Gasteiger partial charge in [-0.25, -0.2) is 18.7 Å². The number of hydrogen-bond donors (Lipinski definition) is 2. The van der Waals surface area contributed by atoms with Crippen molar-refractivity contribution in [2.24, 2.45) is 0 Å². The van der Waals surface area contributed by atoms with Crippen LogP contribution in [0.2, 0.25) is 0 Å². The van der Waals surface area contributed by atoms with Crippen molar-refractivity contribution in [2.45, 2.75) is 0 Å². The van der Waals surface area contributed by atoms with E-state index in [9.17, 15) is 8.78 Å². The minimum atomic E-state index is -0.770. The number of anilines is 1. The fraction of sp³-hybridized carbons (Fsp3) is 0. The molecule has 2 heterocycles. The lowest BCUT2D eigenvalue weighted by molar-refractivity contribution is 0.438. The average Bonchev–Trinajstić information content (AvgIpc) is 3.04. The molecule has 0 fully saturated rings. The number of halogens is 2. The van der Waals surface area contributed by atoms with Crippen LogP contribution in [0.25, 0.3) is 22.3 Å². The average molecular weight is 339 g/mol. The van der Waals surface area contributed by atoms with Crippen molar-refractivity contribution in [3.05, 3.63) is 60.4 Å². The summed E-state index contributed by atoms with van der Waals surface area (Å²) < 4.78 is 32.0. The molecule has 0 radical (unpaired) electrons. The molecular weight excluding hydrogens is 328 g/mol. The molecule has 0 saturated carbocycles. The van der Waals surface area contributed by atoms with E-state index in [4.69, 9.17) is 10.5 Å². The maximum absolute atomic E-state index is 13.7. The smallest absolute Gasteiger partial charge is 0.186 e. The van der Waals surface area contributed by atoms with Crippen LogP contribution in [0.5, 0.6) is 11.5 Å². The maximum Gasteiger partial charge on any atom is 0.186 e. The van der Waals surface area contributed by atoms with E-state index < -0.39 is 11.6 Å². The molecule has 6 nitrogen and oxygen atoms in total. The molecule has 0 aliphatic carbocycles. The quantitative estimate of drug-likeness (QED) is 0.594. The van der Waals surface area contributed by atoms with Gasteiger partial charge in [0.2, 0.25) is 0 Å². The van der Waals surface area contributed by atoms with Crippen LogP contribution in [0.4, 0.5) is 14.6 Å². The van der Waals surface area contributed by atoms with Crippen molar-refractivity contribution < 1.29 is 13.5 Å². The number of rotatable bonds is 3. The number of benzene rings is 2. The van der Waals surface area contributed by atoms with Crippen LogP contribution >= 0.6 is 0 Å². The summed E-state index contributed by atoms with van der Waals surface area (Å²) in [4.78, 5) is 8.01. The molecule has 3 N–H and O–H groups in total. The monoisotopic (exact) mass is 339 g/mol. The Morgan fingerprint density at radius 1 is 1.00 bits per heavy atom. The van der Waals surface area contributed by atoms with Crippen LogP contribution in [-0.2, 0) is 0 Å². The molecule has 8 heteroatoms. The molecule has 0 amide bonds. The largest absolute Gasteiger partial charge is 0.454 e. The molecule has 0 atom stereocenters. The first-order valence-electron chi connectivity index (χ1n) is 7.30. The number of aromatic nitrogens is 4. The molecule has 4 rings (SSSR count). The van der Waals surface area contributed by atoms with Gasteiger partial charge in [0, 0.05) is 11.6 Å². The summed E-state index contributed by atoms with van der Waals surface area (Å²) >= 11 is 0. The Morgan fingerprint density at radius 3 is 2.56 bits per heavy atom. The molecule has 2 aromatic heterocycles. The minimum absolute atomic E-state index is 0.0567. The number of nitrogen functional groups attached to an aromatic ring is 1. The van der Waals surface area contributed by atoms with E-state index in [2.05, 4.69) is 20.2 Å². The van der Waals surface area contributed by atoms with Crippen molar-refractivity contribution in [1.29, 1.82) is 0 Å². The summed E-state index contributed by atoms with van der Waals surface area (Å²) in [5, 5.41) is 7.60. The van der Waals surface area contributed by atoms with Gasteiger partial charge in [0.05, 0.1) is 11.1 Å². The Bertz CT molecular complexity index is 1060. The van der Waals surface area contributed by atoms with E-state index in [1.807, 2.05) is 0 Å². The van der Waals surface area contributed by atoms with E-state index >= 15 is 0 Å². The van der Waals surface area contributed by atoms with E-state index in [1.54, 1.807) is 24.3 Å². The molecule has 25 heavy (non-hydrogen) atoms. The van der Waals surface area contributed by atoms with Crippen molar-refractivity contribution in [3.63, 3.8) is 0 Å². The normalized spacial score (nSPS) is 11.0. The van der Waals surface area contributed by atoms with E-state index in [0.29, 0.717) is 28.3 Å². The number of H-pyrrole nitrogens is 1. The molecule has 2 aromatic carbocycles. The topological polar surface area (TPSA) is 89.7 Å². The van der Waals surface area contributed by atoms with Crippen LogP contribution in [-0.4, -0.2) is 20.2 Å². The molecule has 124 valence electrons. The molecule has 0 aliphatic heterocycles. The lowest BCUT2D eigenvalue weighted by Crippen LogP contribution is -1.92. The standard InChI is InChI=1S/C17H11F2N5O/c18-10-3-6-13(12(19)7-10)25-11-4-1-9(2-5-11)15-14-16(20)21-8-22-17(14)24-23-15/h1-8H,(H3,20,21,22,23,24). The summed E-state index contributed by atoms with van der Waals surface area (Å²) in [5.74, 6) is -0.761. The second-order valence-electron chi connectivity index (χ2n) is 5.26. The first-order valence-corrected chi connectivity index (χ1v) is 7.30. The summed E-state index contributed by atoms with van der Waals surface area (Å²) in [5.41, 5.74) is 7.82. The van der Waals surface area contributed by atoms with Gasteiger partial charge >= 0.3 is 0 Å². The van der Waals surface area contributed by atoms with Gasteiger partial charge in [-0.3, -0.25) is 5.10 Å². The number of nitrogens with one attached hydrogen (secondary N) is 1. The number of fused-ring (bicyclic) bond motifs is 1. The Labute approximate surface area is 140 Å². The Balaban J connectivity index is 1.65. The molecule has 0 saturated heterocycles. The molecule has 0 spiro atoms. The second kappa shape index (κ2) is 5.82. The van der Waals surface area contributed by atoms with E-state index in [0.717, 1.165) is 17.7 Å². The molecule has 0 bridgehead atoms. The molecular formula is C17H11F2N5O. The Kier molecular flexibility index (Phi) is 3.50. The summed E-state index contributed by atoms with van der Waals surface area (Å²) in [7, 11) is 0. The number of nitrogens with zero attached hydrogens (tertiary/aromatic N) is 3. The number of aromatic amines is 1. The first-order chi connectivity index (χ1) is 12.1. The van der Waals surface area contributed by atoms with Gasteiger partial charge in [-0.1, -0.05) is 0 Å². The molecule has 0 aliphatic rings. The van der Waals surface area contributed by atoms with E-state index in [1.165, 1.54) is 12.4 Å². The lowest BCUT2D eigenvalue weighted by atomic mass is 10.1. The van der Waals surface area contributed by atoms with Crippen molar-refractivity contribution in [3.8, 4) is 22.8 Å². The molecule has 4 aromatic rings. The zero-order chi connectivity index (χ0) is 17.4. The summed E-state index contributed by atoms with van der Waals surface area (Å²) in [6.45, 7) is 0. The summed E-state index contributed by atoms with van der Waals surface area (Å²) in [6.07, 6.45) is 1.34. The van der Waals surface area contributed by atoms with Gasteiger partial charge in [-0.2, -0.15) is 5.10 Å². The number of ether oxygens (including phenoxy) is 1. The van der Waals surface area contributed by atoms with Gasteiger partial charge in [0.1, 0.15) is 23.7 Å². The van der Waals surface area contributed by atoms with Crippen molar-refractivity contribution in [2.75, 3.05) is 5.73 Å². The van der Waals surface area contributed by atoms with Gasteiger partial charge < -0.3 is 10.5 Å². The highest BCUT2D eigenvalue weighted by Crippen LogP contribution is 2.31. The fourth-order valence-corrected chi connectivity index (χ4v) is 2.46. The predicted octanol–water partition coefficient (Wildman–Crippen LogP) is 3.67. The number of hydrogen-bond acceptors (Lipinski definition) is 5. The second-order valence-corrected chi connectivity index (χ2v) is 5.26. The van der Waals surface area contributed by atoms with Crippen LogP contribution in [0.1, 0.15) is 0 Å². The fourth-order valence-electron chi connectivity index (χ4n) is 2.46. The highest BCUT2D eigenvalue weighted by Gasteiger charge is 2.13. The minimum Gasteiger partial charge on any atom is -0.454 e. The van der Waals surface area contributed by atoms with E-state index in [-0.39, 0.29) is 5.75 Å². The summed E-state index contributed by atoms with van der Waals surface area (Å²) in [6, 6.07) is 9.97. The first kappa shape index (κ1) is 15.0. The molecule has 0 unspecified atom stereocenters. The van der Waals surface area contributed by atoms with Gasteiger partial charge in [0.15, 0.2) is 17.2 Å². The van der Waals surface area contributed by atoms with Gasteiger partial charge in [0.25, 0.3) is 0 Å². The third kappa shape index (κ3) is 2.74. The van der Waals surface area contributed by atoms with Crippen molar-refractivity contribution >= 4 is 16.9 Å². The number of nitrogens with two attached hydrogens (primary N) is 1. The Hall–Kier alpha value is -3.55. The van der Waals surface area contributed by atoms with Gasteiger partial charge in [-0.15, -0.1) is 0 Å². The van der Waals surface area contributed by atoms with Crippen molar-refractivity contribution in [1.82, 2.24) is 20.2 Å². The SMILES string of the molecule is Nc1ncnc2n[nH]c(-c3ccc(Oc4ccc(F)cc4F)cc3)c12. The van der Waals surface area contributed by atoms with Crippen LogP contribution < -0.4 is 10.5 Å². The van der Waals surface area contributed by atoms with Gasteiger partial charge in [-0.05, 0) is 36.4 Å². The zero-order valence-corrected chi connectivity index (χ0v) is 12.7.